The van der Waals surface area contributed by atoms with E-state index >= 15 is 0 Å². The highest BCUT2D eigenvalue weighted by Crippen LogP contribution is 2.75. The minimum atomic E-state index is -2.06. The number of aliphatic hydroxyl groups excluding tert-OH is 6. The average Bonchev–Trinajstić information content (AvgIpc) is 2.96. The highest BCUT2D eigenvalue weighted by Gasteiger charge is 2.69. The number of fused-ring (bicyclic) bond motifs is 7. The Hall–Kier alpha value is -0.620. The summed E-state index contributed by atoms with van der Waals surface area (Å²) in [5.74, 6) is 0.907. The molecule has 0 radical (unpaired) electrons. The fourth-order valence-electron chi connectivity index (χ4n) is 12.3. The maximum atomic E-state index is 11.4. The Kier molecular flexibility index (Phi) is 8.33. The molecule has 0 aromatic carbocycles. The van der Waals surface area contributed by atoms with Gasteiger partial charge in [-0.1, -0.05) is 60.1 Å². The van der Waals surface area contributed by atoms with Crippen LogP contribution in [0, 0.1) is 50.2 Å². The van der Waals surface area contributed by atoms with Crippen LogP contribution in [0.5, 0.6) is 0 Å². The van der Waals surface area contributed by atoms with Crippen molar-refractivity contribution in [3.63, 3.8) is 0 Å². The minimum absolute atomic E-state index is 0.0291. The first-order valence-corrected chi connectivity index (χ1v) is 17.5. The molecule has 0 aromatic rings. The predicted molar refractivity (Wildman–Crippen MR) is 167 cm³/mol. The van der Waals surface area contributed by atoms with Crippen LogP contribution in [0.25, 0.3) is 0 Å². The second kappa shape index (κ2) is 10.9. The lowest BCUT2D eigenvalue weighted by Gasteiger charge is -2.72. The molecule has 1 saturated heterocycles. The Morgan fingerprint density at radius 3 is 2.16 bits per heavy atom. The quantitative estimate of drug-likeness (QED) is 0.140. The van der Waals surface area contributed by atoms with Gasteiger partial charge in [-0.2, -0.15) is 0 Å². The van der Waals surface area contributed by atoms with Crippen molar-refractivity contribution in [3.8, 4) is 0 Å². The zero-order valence-electron chi connectivity index (χ0n) is 28.4. The van der Waals surface area contributed by atoms with Crippen LogP contribution < -0.4 is 0 Å². The van der Waals surface area contributed by atoms with Crippen molar-refractivity contribution in [2.75, 3.05) is 6.61 Å². The van der Waals surface area contributed by atoms with Gasteiger partial charge in [-0.05, 0) is 97.2 Å². The molecule has 258 valence electrons. The van der Waals surface area contributed by atoms with Crippen molar-refractivity contribution in [2.24, 2.45) is 50.2 Å². The van der Waals surface area contributed by atoms with E-state index in [2.05, 4.69) is 54.5 Å². The van der Waals surface area contributed by atoms with Gasteiger partial charge >= 0.3 is 0 Å². The number of hydrogen-bond acceptors (Lipinski definition) is 9. The zero-order chi connectivity index (χ0) is 33.1. The first kappa shape index (κ1) is 34.3. The first-order chi connectivity index (χ1) is 20.8. The van der Waals surface area contributed by atoms with Gasteiger partial charge in [0.05, 0.1) is 18.8 Å². The maximum absolute atomic E-state index is 11.4. The normalized spacial score (nSPS) is 56.0. The van der Waals surface area contributed by atoms with Crippen molar-refractivity contribution in [1.82, 2.24) is 0 Å². The molecule has 0 amide bonds. The van der Waals surface area contributed by atoms with Gasteiger partial charge in [0.2, 0.25) is 0 Å². The van der Waals surface area contributed by atoms with E-state index in [0.29, 0.717) is 18.3 Å². The van der Waals surface area contributed by atoms with E-state index < -0.39 is 48.5 Å². The van der Waals surface area contributed by atoms with E-state index in [1.54, 1.807) is 5.57 Å². The topological polar surface area (TPSA) is 160 Å². The van der Waals surface area contributed by atoms with E-state index in [-0.39, 0.29) is 45.7 Å². The summed E-state index contributed by atoms with van der Waals surface area (Å²) in [7, 11) is 0. The van der Waals surface area contributed by atoms with E-state index in [4.69, 9.17) is 9.47 Å². The van der Waals surface area contributed by atoms with Crippen molar-refractivity contribution in [3.05, 3.63) is 11.6 Å². The summed E-state index contributed by atoms with van der Waals surface area (Å²) in [5.41, 5.74) is 0.943. The summed E-state index contributed by atoms with van der Waals surface area (Å²) in [6.07, 6.45) is 0.347. The fourth-order valence-corrected chi connectivity index (χ4v) is 12.3. The molecule has 0 spiro atoms. The van der Waals surface area contributed by atoms with Crippen molar-refractivity contribution in [2.45, 2.75) is 155 Å². The molecular formula is C36H60O9. The number of ether oxygens (including phenoxy) is 2. The molecule has 9 heteroatoms. The Balaban J connectivity index is 1.30. The molecule has 15 unspecified atom stereocenters. The van der Waals surface area contributed by atoms with Crippen molar-refractivity contribution < 1.29 is 45.2 Å². The van der Waals surface area contributed by atoms with Gasteiger partial charge in [-0.3, -0.25) is 0 Å². The Morgan fingerprint density at radius 2 is 1.51 bits per heavy atom. The largest absolute Gasteiger partial charge is 0.396 e. The smallest absolute Gasteiger partial charge is 0.187 e. The number of rotatable bonds is 4. The highest BCUT2D eigenvalue weighted by molar-refractivity contribution is 5.34. The minimum Gasteiger partial charge on any atom is -0.396 e. The predicted octanol–water partition coefficient (Wildman–Crippen LogP) is 3.25. The van der Waals surface area contributed by atoms with Crippen LogP contribution in [0.2, 0.25) is 0 Å². The lowest BCUT2D eigenvalue weighted by Crippen LogP contribution is -2.67. The van der Waals surface area contributed by atoms with Crippen molar-refractivity contribution in [1.29, 1.82) is 0 Å². The van der Waals surface area contributed by atoms with Crippen LogP contribution in [0.3, 0.4) is 0 Å². The summed E-state index contributed by atoms with van der Waals surface area (Å²) in [5, 5.41) is 73.3. The number of allylic oxidation sites excluding steroid dienone is 2. The summed E-state index contributed by atoms with van der Waals surface area (Å²) in [4.78, 5) is 0. The summed E-state index contributed by atoms with van der Waals surface area (Å²) >= 11 is 0. The lowest BCUT2D eigenvalue weighted by atomic mass is 9.33. The van der Waals surface area contributed by atoms with Gasteiger partial charge in [0.15, 0.2) is 12.6 Å². The van der Waals surface area contributed by atoms with Crippen LogP contribution >= 0.6 is 0 Å². The van der Waals surface area contributed by atoms with E-state index in [0.717, 1.165) is 51.4 Å². The molecule has 1 aliphatic heterocycles. The van der Waals surface area contributed by atoms with Gasteiger partial charge in [0, 0.05) is 10.8 Å². The Labute approximate surface area is 269 Å². The van der Waals surface area contributed by atoms with Crippen LogP contribution in [0.1, 0.15) is 106 Å². The Morgan fingerprint density at radius 1 is 0.822 bits per heavy atom. The van der Waals surface area contributed by atoms with Gasteiger partial charge in [-0.25, -0.2) is 0 Å². The van der Waals surface area contributed by atoms with E-state index in [1.165, 1.54) is 0 Å². The highest BCUT2D eigenvalue weighted by atomic mass is 16.7. The summed E-state index contributed by atoms with van der Waals surface area (Å²) in [6, 6.07) is 0. The molecule has 4 saturated carbocycles. The van der Waals surface area contributed by atoms with Gasteiger partial charge < -0.3 is 45.2 Å². The van der Waals surface area contributed by atoms with Gasteiger partial charge in [0.25, 0.3) is 0 Å². The second-order valence-corrected chi connectivity index (χ2v) is 18.1. The third kappa shape index (κ3) is 4.73. The third-order valence-electron chi connectivity index (χ3n) is 15.4. The standard InChI is InChI=1S/C36H60O9/c1-31(2)16-20-19-8-9-22-33(4)12-11-24(44-30-27(41)25(39)26(40)28(45-30)29(42)43)34(5,18-37)21(33)10-13-36(22,7)35(19,6)15-14-32(20,3)23(38)17-31/h8,20-30,37-43H,9-18H2,1-7H3. The van der Waals surface area contributed by atoms with Crippen LogP contribution in [0.4, 0.5) is 0 Å². The molecular weight excluding hydrogens is 576 g/mol. The molecule has 5 fully saturated rings. The third-order valence-corrected chi connectivity index (χ3v) is 15.4. The molecule has 0 bridgehead atoms. The molecule has 6 aliphatic rings. The van der Waals surface area contributed by atoms with E-state index in [1.807, 2.05) is 0 Å². The maximum Gasteiger partial charge on any atom is 0.187 e. The molecule has 0 aromatic heterocycles. The summed E-state index contributed by atoms with van der Waals surface area (Å²) < 4.78 is 12.0. The van der Waals surface area contributed by atoms with Crippen LogP contribution in [-0.2, 0) is 9.47 Å². The molecule has 1 heterocycles. The van der Waals surface area contributed by atoms with Crippen molar-refractivity contribution >= 4 is 0 Å². The summed E-state index contributed by atoms with van der Waals surface area (Å²) in [6.45, 7) is 16.3. The SMILES string of the molecule is CC1(C)CC(O)C2(C)CCC3(C)C(=CCC4C5(C)CCC(OC6OC(C(O)O)C(O)C(O)C6O)C(C)(CO)C5CCC43C)C2C1. The molecule has 15 atom stereocenters. The monoisotopic (exact) mass is 636 g/mol. The van der Waals surface area contributed by atoms with Gasteiger partial charge in [-0.15, -0.1) is 0 Å². The molecule has 6 rings (SSSR count). The average molecular weight is 637 g/mol. The zero-order valence-corrected chi connectivity index (χ0v) is 28.4. The first-order valence-electron chi connectivity index (χ1n) is 17.5. The molecule has 45 heavy (non-hydrogen) atoms. The number of hydrogen-bond donors (Lipinski definition) is 7. The molecule has 5 aliphatic carbocycles. The van der Waals surface area contributed by atoms with Crippen LogP contribution in [-0.4, -0.2) is 91.6 Å². The number of aliphatic hydroxyl groups is 7. The molecule has 9 nitrogen and oxygen atoms in total. The fraction of sp³-hybridized carbons (Fsp3) is 0.944. The lowest BCUT2D eigenvalue weighted by molar-refractivity contribution is -0.351. The van der Waals surface area contributed by atoms with Crippen LogP contribution in [0.15, 0.2) is 11.6 Å². The van der Waals surface area contributed by atoms with Gasteiger partial charge in [0.1, 0.15) is 24.4 Å². The van der Waals surface area contributed by atoms with E-state index in [9.17, 15) is 35.7 Å². The molecule has 7 N–H and O–H groups in total. The second-order valence-electron chi connectivity index (χ2n) is 18.1. The Bertz CT molecular complexity index is 1170.